The predicted octanol–water partition coefficient (Wildman–Crippen LogP) is 4.80. The van der Waals surface area contributed by atoms with E-state index in [1.165, 1.54) is 18.4 Å². The molecule has 0 N–H and O–H groups in total. The minimum Gasteiger partial charge on any atom is -0.465 e. The highest BCUT2D eigenvalue weighted by Crippen LogP contribution is 2.23. The molecule has 0 bridgehead atoms. The molecule has 7 heteroatoms. The zero-order valence-electron chi connectivity index (χ0n) is 7.50. The molecule has 0 aromatic carbocycles. The van der Waals surface area contributed by atoms with Gasteiger partial charge >= 0.3 is 0 Å². The molecule has 0 aliphatic rings. The molecular formula is C7H10I2O3S2. The fourth-order valence-electron chi connectivity index (χ4n) is 0.519. The van der Waals surface area contributed by atoms with E-state index < -0.39 is 0 Å². The second kappa shape index (κ2) is 10.6. The standard InChI is InChI=1S/C7H10I2O3S2/c1-3-4-10-7(12-14-9)5-6(2)11-13-8/h5H,2-4H2,1H3/b7-5-. The molecule has 3 nitrogen and oxygen atoms in total. The summed E-state index contributed by atoms with van der Waals surface area (Å²) in [5.74, 6) is 0.919. The Labute approximate surface area is 117 Å². The Balaban J connectivity index is 4.08. The van der Waals surface area contributed by atoms with Gasteiger partial charge in [-0.2, -0.15) is 0 Å². The Morgan fingerprint density at radius 3 is 2.50 bits per heavy atom. The molecule has 0 spiro atoms. The number of hydrogen-bond acceptors (Lipinski definition) is 5. The predicted molar refractivity (Wildman–Crippen MR) is 78.9 cm³/mol. The van der Waals surface area contributed by atoms with Gasteiger partial charge in [-0.15, -0.1) is 0 Å². The van der Waals surface area contributed by atoms with Gasteiger partial charge in [0.15, 0.2) is 0 Å². The van der Waals surface area contributed by atoms with E-state index in [1.54, 1.807) is 6.08 Å². The maximum atomic E-state index is 5.31. The van der Waals surface area contributed by atoms with E-state index in [1.807, 2.05) is 49.3 Å². The molecule has 0 saturated heterocycles. The lowest BCUT2D eigenvalue weighted by molar-refractivity contribution is 0.120. The summed E-state index contributed by atoms with van der Waals surface area (Å²) >= 11 is 4.03. The number of ether oxygens (including phenoxy) is 1. The fourth-order valence-corrected chi connectivity index (χ4v) is 2.03. The Hall–Kier alpha value is 1.04. The first kappa shape index (κ1) is 15.0. The van der Waals surface area contributed by atoms with Crippen molar-refractivity contribution in [2.24, 2.45) is 0 Å². The van der Waals surface area contributed by atoms with Crippen molar-refractivity contribution in [3.05, 3.63) is 24.4 Å². The highest BCUT2D eigenvalue weighted by molar-refractivity contribution is 14.2. The van der Waals surface area contributed by atoms with Crippen LogP contribution in [0.15, 0.2) is 24.4 Å². The second-order valence-corrected chi connectivity index (χ2v) is 4.81. The highest BCUT2D eigenvalue weighted by Gasteiger charge is 2.01. The number of hydrogen-bond donors (Lipinski definition) is 0. The van der Waals surface area contributed by atoms with Gasteiger partial charge < -0.3 is 13.1 Å². The molecule has 0 aromatic rings. The van der Waals surface area contributed by atoms with Crippen LogP contribution in [0.1, 0.15) is 13.3 Å². The third-order valence-corrected chi connectivity index (χ3v) is 2.56. The molecule has 0 amide bonds. The van der Waals surface area contributed by atoms with Crippen LogP contribution in [-0.2, 0) is 13.1 Å². The van der Waals surface area contributed by atoms with E-state index in [-0.39, 0.29) is 0 Å². The summed E-state index contributed by atoms with van der Waals surface area (Å²) in [4.78, 5) is 0. The quantitative estimate of drug-likeness (QED) is 0.225. The van der Waals surface area contributed by atoms with Crippen LogP contribution in [0, 0.1) is 0 Å². The summed E-state index contributed by atoms with van der Waals surface area (Å²) in [5.41, 5.74) is 0. The van der Waals surface area contributed by atoms with Crippen molar-refractivity contribution in [1.29, 1.82) is 0 Å². The van der Waals surface area contributed by atoms with Crippen LogP contribution in [-0.4, -0.2) is 6.61 Å². The Bertz CT molecular complexity index is 199. The summed E-state index contributed by atoms with van der Waals surface area (Å²) < 4.78 is 15.5. The largest absolute Gasteiger partial charge is 0.465 e. The van der Waals surface area contributed by atoms with Gasteiger partial charge in [0.2, 0.25) is 0 Å². The van der Waals surface area contributed by atoms with Crippen LogP contribution in [0.2, 0.25) is 0 Å². The number of halogens is 2. The normalized spacial score (nSPS) is 10.9. The van der Waals surface area contributed by atoms with Crippen LogP contribution >= 0.6 is 60.8 Å². The zero-order chi connectivity index (χ0) is 10.8. The molecule has 0 aliphatic heterocycles. The van der Waals surface area contributed by atoms with Gasteiger partial charge in [-0.05, 0) is 6.42 Å². The summed E-state index contributed by atoms with van der Waals surface area (Å²) in [6, 6.07) is 0. The molecule has 0 atom stereocenters. The van der Waals surface area contributed by atoms with Crippen LogP contribution in [0.25, 0.3) is 0 Å². The molecule has 0 heterocycles. The van der Waals surface area contributed by atoms with Crippen molar-refractivity contribution in [3.8, 4) is 0 Å². The summed E-state index contributed by atoms with van der Waals surface area (Å²) in [7, 11) is 2.39. The van der Waals surface area contributed by atoms with Crippen molar-refractivity contribution in [2.75, 3.05) is 6.61 Å². The van der Waals surface area contributed by atoms with Crippen LogP contribution in [0.5, 0.6) is 0 Å². The molecule has 0 aliphatic carbocycles. The molecule has 14 heavy (non-hydrogen) atoms. The van der Waals surface area contributed by atoms with E-state index in [0.29, 0.717) is 18.3 Å². The molecule has 0 rings (SSSR count). The summed E-state index contributed by atoms with van der Waals surface area (Å²) in [5, 5.41) is 0. The van der Waals surface area contributed by atoms with Crippen molar-refractivity contribution >= 4 is 60.8 Å². The third kappa shape index (κ3) is 8.36. The third-order valence-electron chi connectivity index (χ3n) is 0.979. The molecule has 0 aromatic heterocycles. The number of rotatable bonds is 8. The van der Waals surface area contributed by atoms with Crippen LogP contribution in [0.3, 0.4) is 0 Å². The SMILES string of the molecule is C=C(/C=C(/OCCC)OSI)OSI. The van der Waals surface area contributed by atoms with Gasteiger partial charge in [0.1, 0.15) is 24.2 Å². The first-order valence-corrected chi connectivity index (χ1v) is 10.2. The fraction of sp³-hybridized carbons (Fsp3) is 0.429. The summed E-state index contributed by atoms with van der Waals surface area (Å²) in [6.07, 6.45) is 2.55. The average molecular weight is 460 g/mol. The maximum absolute atomic E-state index is 5.31. The monoisotopic (exact) mass is 460 g/mol. The van der Waals surface area contributed by atoms with E-state index >= 15 is 0 Å². The van der Waals surface area contributed by atoms with E-state index in [4.69, 9.17) is 13.1 Å². The van der Waals surface area contributed by atoms with Gasteiger partial charge in [0.25, 0.3) is 5.95 Å². The molecule has 0 saturated carbocycles. The smallest absolute Gasteiger partial charge is 0.296 e. The lowest BCUT2D eigenvalue weighted by atomic mass is 10.5. The molecule has 82 valence electrons. The van der Waals surface area contributed by atoms with E-state index in [0.717, 1.165) is 6.42 Å². The molecule has 0 fully saturated rings. The van der Waals surface area contributed by atoms with Crippen molar-refractivity contribution in [3.63, 3.8) is 0 Å². The topological polar surface area (TPSA) is 27.7 Å². The minimum atomic E-state index is 0.418. The molecular weight excluding hydrogens is 450 g/mol. The van der Waals surface area contributed by atoms with E-state index in [9.17, 15) is 0 Å². The second-order valence-electron chi connectivity index (χ2n) is 2.07. The molecule has 0 unspecified atom stereocenters. The lowest BCUT2D eigenvalue weighted by Crippen LogP contribution is -1.95. The maximum Gasteiger partial charge on any atom is 0.296 e. The van der Waals surface area contributed by atoms with Gasteiger partial charge in [-0.25, -0.2) is 0 Å². The van der Waals surface area contributed by atoms with Crippen molar-refractivity contribution in [2.45, 2.75) is 13.3 Å². The van der Waals surface area contributed by atoms with Gasteiger partial charge in [-0.3, -0.25) is 0 Å². The first-order valence-electron chi connectivity index (χ1n) is 3.68. The van der Waals surface area contributed by atoms with E-state index in [2.05, 4.69) is 6.58 Å². The van der Waals surface area contributed by atoms with Crippen LogP contribution < -0.4 is 0 Å². The van der Waals surface area contributed by atoms with Crippen molar-refractivity contribution in [1.82, 2.24) is 0 Å². The van der Waals surface area contributed by atoms with Gasteiger partial charge in [-0.1, -0.05) is 13.5 Å². The summed E-state index contributed by atoms with van der Waals surface area (Å²) in [6.45, 7) is 6.33. The Morgan fingerprint density at radius 1 is 1.36 bits per heavy atom. The van der Waals surface area contributed by atoms with Crippen molar-refractivity contribution < 1.29 is 13.1 Å². The highest BCUT2D eigenvalue weighted by atomic mass is 127. The Morgan fingerprint density at radius 2 is 2.00 bits per heavy atom. The minimum absolute atomic E-state index is 0.418. The lowest BCUT2D eigenvalue weighted by Gasteiger charge is -2.07. The first-order chi connectivity index (χ1) is 6.74. The molecule has 0 radical (unpaired) electrons. The van der Waals surface area contributed by atoms with Gasteiger partial charge in [0.05, 0.1) is 12.7 Å². The Kier molecular flexibility index (Phi) is 11.3. The zero-order valence-corrected chi connectivity index (χ0v) is 13.4. The average Bonchev–Trinajstić information content (AvgIpc) is 2.15. The number of allylic oxidation sites excluding steroid dienone is 1. The van der Waals surface area contributed by atoms with Gasteiger partial charge in [0, 0.05) is 42.4 Å². The van der Waals surface area contributed by atoms with Crippen LogP contribution in [0.4, 0.5) is 0 Å².